The molecular formula is C50H102NO7P. The fourth-order valence-electron chi connectivity index (χ4n) is 7.94. The molecule has 0 saturated heterocycles. The molecule has 0 rings (SSSR count). The van der Waals surface area contributed by atoms with Crippen molar-refractivity contribution in [3.8, 4) is 0 Å². The number of carbonyl (C=O) groups excluding carboxylic acids is 1. The Labute approximate surface area is 367 Å². The first-order chi connectivity index (χ1) is 28.9. The van der Waals surface area contributed by atoms with Crippen LogP contribution < -0.4 is 5.73 Å². The molecular weight excluding hydrogens is 758 g/mol. The van der Waals surface area contributed by atoms with Gasteiger partial charge in [-0.3, -0.25) is 13.8 Å². The molecule has 0 heterocycles. The Bertz CT molecular complexity index is 878. The van der Waals surface area contributed by atoms with Crippen molar-refractivity contribution in [2.24, 2.45) is 5.73 Å². The Kier molecular flexibility index (Phi) is 48.1. The predicted molar refractivity (Wildman–Crippen MR) is 252 cm³/mol. The zero-order chi connectivity index (χ0) is 43.0. The minimum absolute atomic E-state index is 0.0899. The number of phosphoric ester groups is 1. The summed E-state index contributed by atoms with van der Waals surface area (Å²) in [7, 11) is -4.27. The molecule has 0 aliphatic rings. The highest BCUT2D eigenvalue weighted by atomic mass is 31.2. The van der Waals surface area contributed by atoms with Gasteiger partial charge in [-0.2, -0.15) is 0 Å². The summed E-state index contributed by atoms with van der Waals surface area (Å²) >= 11 is 0. The third kappa shape index (κ3) is 48.4. The Hall–Kier alpha value is -0.500. The molecule has 0 fully saturated rings. The monoisotopic (exact) mass is 860 g/mol. The Morgan fingerprint density at radius 3 is 1.07 bits per heavy atom. The van der Waals surface area contributed by atoms with Crippen LogP contribution >= 0.6 is 7.82 Å². The maximum Gasteiger partial charge on any atom is 0.472 e. The molecule has 0 aromatic heterocycles. The Morgan fingerprint density at radius 1 is 0.441 bits per heavy atom. The second-order valence-corrected chi connectivity index (χ2v) is 19.2. The van der Waals surface area contributed by atoms with E-state index in [1.54, 1.807) is 0 Å². The van der Waals surface area contributed by atoms with E-state index < -0.39 is 13.9 Å². The number of unbranched alkanes of at least 4 members (excludes halogenated alkanes) is 38. The fourth-order valence-corrected chi connectivity index (χ4v) is 8.71. The summed E-state index contributed by atoms with van der Waals surface area (Å²) in [5, 5.41) is 0. The van der Waals surface area contributed by atoms with Crippen molar-refractivity contribution < 1.29 is 32.8 Å². The van der Waals surface area contributed by atoms with Crippen LogP contribution in [0.3, 0.4) is 0 Å². The molecule has 354 valence electrons. The van der Waals surface area contributed by atoms with Crippen LogP contribution in [-0.2, 0) is 27.9 Å². The number of hydrogen-bond donors (Lipinski definition) is 2. The number of esters is 1. The van der Waals surface area contributed by atoms with Crippen LogP contribution in [0.2, 0.25) is 0 Å². The minimum Gasteiger partial charge on any atom is -0.457 e. The standard InChI is InChI=1S/C50H102NO7P/c1-3-5-7-9-11-13-15-17-18-19-20-21-22-23-24-25-26-27-28-29-30-31-32-33-35-37-39-41-43-50(52)58-49(48-57-59(53,54)56-46-44-51)47-55-45-42-40-38-36-34-16-14-12-10-8-6-4-2/h49H,3-48,51H2,1-2H3,(H,53,54)/t49-/m1/s1. The highest BCUT2D eigenvalue weighted by Gasteiger charge is 2.25. The topological polar surface area (TPSA) is 117 Å². The molecule has 0 spiro atoms. The van der Waals surface area contributed by atoms with E-state index in [-0.39, 0.29) is 32.3 Å². The van der Waals surface area contributed by atoms with Crippen LogP contribution in [0.15, 0.2) is 0 Å². The van der Waals surface area contributed by atoms with E-state index in [0.717, 1.165) is 32.1 Å². The molecule has 2 atom stereocenters. The van der Waals surface area contributed by atoms with Crippen molar-refractivity contribution in [2.75, 3.05) is 33.0 Å². The number of rotatable bonds is 51. The van der Waals surface area contributed by atoms with Gasteiger partial charge in [0.2, 0.25) is 0 Å². The van der Waals surface area contributed by atoms with Crippen LogP contribution in [0, 0.1) is 0 Å². The number of phosphoric acid groups is 1. The van der Waals surface area contributed by atoms with E-state index in [1.807, 2.05) is 0 Å². The van der Waals surface area contributed by atoms with Gasteiger partial charge in [-0.25, -0.2) is 4.57 Å². The van der Waals surface area contributed by atoms with Gasteiger partial charge < -0.3 is 20.1 Å². The molecule has 0 radical (unpaired) electrons. The molecule has 0 aliphatic heterocycles. The van der Waals surface area contributed by atoms with Gasteiger partial charge in [0.05, 0.1) is 19.8 Å². The summed E-state index contributed by atoms with van der Waals surface area (Å²) in [6.45, 7) is 5.00. The summed E-state index contributed by atoms with van der Waals surface area (Å²) in [5.41, 5.74) is 5.38. The molecule has 0 aliphatic carbocycles. The lowest BCUT2D eigenvalue weighted by atomic mass is 10.0. The molecule has 8 nitrogen and oxygen atoms in total. The van der Waals surface area contributed by atoms with E-state index in [2.05, 4.69) is 13.8 Å². The second-order valence-electron chi connectivity index (χ2n) is 17.8. The summed E-state index contributed by atoms with van der Waals surface area (Å²) in [4.78, 5) is 22.5. The fraction of sp³-hybridized carbons (Fsp3) is 0.980. The van der Waals surface area contributed by atoms with Crippen LogP contribution in [0.5, 0.6) is 0 Å². The van der Waals surface area contributed by atoms with Gasteiger partial charge in [-0.15, -0.1) is 0 Å². The van der Waals surface area contributed by atoms with E-state index >= 15 is 0 Å². The van der Waals surface area contributed by atoms with Crippen molar-refractivity contribution in [2.45, 2.75) is 283 Å². The highest BCUT2D eigenvalue weighted by Crippen LogP contribution is 2.43. The number of nitrogens with two attached hydrogens (primary N) is 1. The molecule has 3 N–H and O–H groups in total. The van der Waals surface area contributed by atoms with Crippen molar-refractivity contribution >= 4 is 13.8 Å². The van der Waals surface area contributed by atoms with Gasteiger partial charge in [0.15, 0.2) is 0 Å². The number of carbonyl (C=O) groups is 1. The van der Waals surface area contributed by atoms with E-state index in [9.17, 15) is 14.3 Å². The lowest BCUT2D eigenvalue weighted by molar-refractivity contribution is -0.154. The van der Waals surface area contributed by atoms with Crippen molar-refractivity contribution in [3.05, 3.63) is 0 Å². The van der Waals surface area contributed by atoms with Crippen LogP contribution in [-0.4, -0.2) is 49.9 Å². The Balaban J connectivity index is 3.76. The third-order valence-electron chi connectivity index (χ3n) is 11.8. The van der Waals surface area contributed by atoms with Crippen LogP contribution in [0.1, 0.15) is 277 Å². The van der Waals surface area contributed by atoms with E-state index in [4.69, 9.17) is 24.3 Å². The molecule has 1 unspecified atom stereocenters. The maximum atomic E-state index is 12.6. The lowest BCUT2D eigenvalue weighted by Crippen LogP contribution is -2.28. The largest absolute Gasteiger partial charge is 0.472 e. The zero-order valence-corrected chi connectivity index (χ0v) is 40.4. The van der Waals surface area contributed by atoms with Gasteiger partial charge in [0, 0.05) is 19.6 Å². The van der Waals surface area contributed by atoms with Crippen LogP contribution in [0.25, 0.3) is 0 Å². The van der Waals surface area contributed by atoms with Crippen molar-refractivity contribution in [1.82, 2.24) is 0 Å². The van der Waals surface area contributed by atoms with Gasteiger partial charge >= 0.3 is 13.8 Å². The summed E-state index contributed by atoms with van der Waals surface area (Å²) in [6, 6.07) is 0. The second kappa shape index (κ2) is 48.5. The zero-order valence-electron chi connectivity index (χ0n) is 39.5. The smallest absolute Gasteiger partial charge is 0.457 e. The highest BCUT2D eigenvalue weighted by molar-refractivity contribution is 7.47. The van der Waals surface area contributed by atoms with Crippen molar-refractivity contribution in [3.63, 3.8) is 0 Å². The van der Waals surface area contributed by atoms with Crippen LogP contribution in [0.4, 0.5) is 0 Å². The first kappa shape index (κ1) is 58.5. The summed E-state index contributed by atoms with van der Waals surface area (Å²) in [5.74, 6) is -0.321. The molecule has 0 aromatic carbocycles. The van der Waals surface area contributed by atoms with E-state index in [1.165, 1.54) is 225 Å². The van der Waals surface area contributed by atoms with Gasteiger partial charge in [0.25, 0.3) is 0 Å². The quantitative estimate of drug-likeness (QED) is 0.0353. The molecule has 0 amide bonds. The molecule has 0 aromatic rings. The summed E-state index contributed by atoms with van der Waals surface area (Å²) < 4.78 is 33.5. The number of ether oxygens (including phenoxy) is 2. The lowest BCUT2D eigenvalue weighted by Gasteiger charge is -2.20. The average molecular weight is 860 g/mol. The molecule has 9 heteroatoms. The van der Waals surface area contributed by atoms with Gasteiger partial charge in [-0.05, 0) is 12.8 Å². The molecule has 59 heavy (non-hydrogen) atoms. The average Bonchev–Trinajstić information content (AvgIpc) is 3.23. The third-order valence-corrected chi connectivity index (χ3v) is 12.8. The minimum atomic E-state index is -4.27. The normalized spacial score (nSPS) is 13.2. The predicted octanol–water partition coefficient (Wildman–Crippen LogP) is 16.0. The maximum absolute atomic E-state index is 12.6. The number of hydrogen-bond acceptors (Lipinski definition) is 7. The first-order valence-corrected chi connectivity index (χ1v) is 27.5. The summed E-state index contributed by atoms with van der Waals surface area (Å²) in [6.07, 6.45) is 53.0. The van der Waals surface area contributed by atoms with Gasteiger partial charge in [-0.1, -0.05) is 258 Å². The first-order valence-electron chi connectivity index (χ1n) is 26.0. The van der Waals surface area contributed by atoms with Crippen molar-refractivity contribution in [1.29, 1.82) is 0 Å². The van der Waals surface area contributed by atoms with E-state index in [0.29, 0.717) is 13.0 Å². The Morgan fingerprint density at radius 2 is 0.746 bits per heavy atom. The SMILES string of the molecule is CCCCCCCCCCCCCCCCCCCCCCCCCCCCCCC(=O)O[C@H](COCCCCCCCCCCCCCC)COP(=O)(O)OCCN. The molecule has 0 bridgehead atoms. The van der Waals surface area contributed by atoms with Gasteiger partial charge in [0.1, 0.15) is 6.10 Å². The molecule has 0 saturated carbocycles.